The lowest BCUT2D eigenvalue weighted by atomic mass is 10.1. The summed E-state index contributed by atoms with van der Waals surface area (Å²) in [5, 5.41) is 9.72. The quantitative estimate of drug-likeness (QED) is 0.794. The molecule has 0 fully saturated rings. The van der Waals surface area contributed by atoms with Gasteiger partial charge in [-0.25, -0.2) is 4.98 Å². The second-order valence-electron chi connectivity index (χ2n) is 4.70. The van der Waals surface area contributed by atoms with Crippen molar-refractivity contribution in [3.8, 4) is 17.0 Å². The maximum atomic E-state index is 9.72. The summed E-state index contributed by atoms with van der Waals surface area (Å²) in [6.45, 7) is 1.95. The second-order valence-corrected chi connectivity index (χ2v) is 4.70. The van der Waals surface area contributed by atoms with Gasteiger partial charge in [0, 0.05) is 11.8 Å². The number of para-hydroxylation sites is 1. The zero-order valence-corrected chi connectivity index (χ0v) is 11.5. The number of aryl methyl sites for hydroxylation is 1. The van der Waals surface area contributed by atoms with Crippen molar-refractivity contribution in [3.05, 3.63) is 53.9 Å². The summed E-state index contributed by atoms with van der Waals surface area (Å²) in [6, 6.07) is 11.7. The topological polar surface area (TPSA) is 46.8 Å². The van der Waals surface area contributed by atoms with E-state index in [1.807, 2.05) is 53.9 Å². The highest BCUT2D eigenvalue weighted by molar-refractivity contribution is 5.72. The molecule has 0 aliphatic heterocycles. The number of fused-ring (bicyclic) bond motifs is 1. The second kappa shape index (κ2) is 4.98. The summed E-state index contributed by atoms with van der Waals surface area (Å²) in [7, 11) is 1.64. The van der Waals surface area contributed by atoms with Crippen molar-refractivity contribution in [2.24, 2.45) is 0 Å². The number of imidazole rings is 1. The van der Waals surface area contributed by atoms with Gasteiger partial charge in [-0.05, 0) is 30.7 Å². The van der Waals surface area contributed by atoms with Gasteiger partial charge in [-0.15, -0.1) is 0 Å². The lowest BCUT2D eigenvalue weighted by Gasteiger charge is -2.07. The number of aromatic nitrogens is 2. The van der Waals surface area contributed by atoms with E-state index in [-0.39, 0.29) is 6.61 Å². The molecule has 4 nitrogen and oxygen atoms in total. The van der Waals surface area contributed by atoms with Crippen molar-refractivity contribution in [2.75, 3.05) is 7.11 Å². The van der Waals surface area contributed by atoms with Crippen LogP contribution >= 0.6 is 0 Å². The number of hydrogen-bond acceptors (Lipinski definition) is 3. The Hall–Kier alpha value is -2.33. The van der Waals surface area contributed by atoms with E-state index >= 15 is 0 Å². The van der Waals surface area contributed by atoms with Crippen LogP contribution in [0.4, 0.5) is 0 Å². The molecule has 4 heteroatoms. The molecule has 0 bridgehead atoms. The third-order valence-corrected chi connectivity index (χ3v) is 3.38. The van der Waals surface area contributed by atoms with Crippen molar-refractivity contribution in [2.45, 2.75) is 13.5 Å². The Morgan fingerprint density at radius 3 is 2.75 bits per heavy atom. The molecule has 0 saturated heterocycles. The van der Waals surface area contributed by atoms with Gasteiger partial charge >= 0.3 is 0 Å². The first-order valence-corrected chi connectivity index (χ1v) is 6.46. The van der Waals surface area contributed by atoms with Gasteiger partial charge in [-0.3, -0.25) is 0 Å². The molecule has 0 aliphatic rings. The highest BCUT2D eigenvalue weighted by Crippen LogP contribution is 2.32. The fraction of sp³-hybridized carbons (Fsp3) is 0.188. The molecule has 102 valence electrons. The third-order valence-electron chi connectivity index (χ3n) is 3.38. The molecule has 0 saturated carbocycles. The molecule has 0 unspecified atom stereocenters. The van der Waals surface area contributed by atoms with Crippen LogP contribution in [0.2, 0.25) is 0 Å². The summed E-state index contributed by atoms with van der Waals surface area (Å²) in [4.78, 5) is 4.63. The van der Waals surface area contributed by atoms with E-state index in [4.69, 9.17) is 4.74 Å². The predicted molar refractivity (Wildman–Crippen MR) is 77.8 cm³/mol. The van der Waals surface area contributed by atoms with E-state index in [1.165, 1.54) is 0 Å². The Morgan fingerprint density at radius 1 is 1.20 bits per heavy atom. The van der Waals surface area contributed by atoms with E-state index in [9.17, 15) is 5.11 Å². The maximum absolute atomic E-state index is 9.72. The molecule has 0 aliphatic carbocycles. The van der Waals surface area contributed by atoms with E-state index in [0.717, 1.165) is 33.9 Å². The van der Waals surface area contributed by atoms with Crippen LogP contribution in [-0.2, 0) is 6.61 Å². The number of methoxy groups -OCH3 is 1. The van der Waals surface area contributed by atoms with Crippen molar-refractivity contribution in [3.63, 3.8) is 0 Å². The van der Waals surface area contributed by atoms with E-state index < -0.39 is 0 Å². The minimum absolute atomic E-state index is 0.0714. The molecule has 0 amide bonds. The van der Waals surface area contributed by atoms with Gasteiger partial charge in [-0.1, -0.05) is 18.2 Å². The molecule has 2 aromatic heterocycles. The first-order chi connectivity index (χ1) is 9.74. The Balaban J connectivity index is 2.30. The van der Waals surface area contributed by atoms with Gasteiger partial charge in [0.05, 0.1) is 25.1 Å². The molecule has 1 N–H and O–H groups in total. The van der Waals surface area contributed by atoms with Crippen LogP contribution in [0.5, 0.6) is 5.75 Å². The molecule has 3 rings (SSSR count). The van der Waals surface area contributed by atoms with Crippen LogP contribution in [-0.4, -0.2) is 21.6 Å². The third kappa shape index (κ3) is 1.94. The number of aliphatic hydroxyl groups excluding tert-OH is 1. The van der Waals surface area contributed by atoms with Gasteiger partial charge in [0.25, 0.3) is 0 Å². The summed E-state index contributed by atoms with van der Waals surface area (Å²) in [6.07, 6.45) is 1.98. The molecular formula is C16H16N2O2. The number of ether oxygens (including phenoxy) is 1. The van der Waals surface area contributed by atoms with Crippen LogP contribution in [0.1, 0.15) is 11.3 Å². The van der Waals surface area contributed by atoms with Crippen LogP contribution in [0.3, 0.4) is 0 Å². The SMILES string of the molecule is COc1ccccc1-c1nc2ccc(C)cn2c1CO. The smallest absolute Gasteiger partial charge is 0.137 e. The monoisotopic (exact) mass is 268 g/mol. The standard InChI is InChI=1S/C16H16N2O2/c1-11-7-8-15-17-16(13(10-19)18(15)9-11)12-5-3-4-6-14(12)20-2/h3-9,19H,10H2,1-2H3. The number of pyridine rings is 1. The molecule has 0 atom stereocenters. The van der Waals surface area contributed by atoms with Gasteiger partial charge in [-0.2, -0.15) is 0 Å². The lowest BCUT2D eigenvalue weighted by Crippen LogP contribution is -1.96. The number of benzene rings is 1. The highest BCUT2D eigenvalue weighted by Gasteiger charge is 2.16. The predicted octanol–water partition coefficient (Wildman–Crippen LogP) is 2.81. The van der Waals surface area contributed by atoms with E-state index in [2.05, 4.69) is 4.98 Å². The van der Waals surface area contributed by atoms with E-state index in [0.29, 0.717) is 0 Å². The first kappa shape index (κ1) is 12.7. The first-order valence-electron chi connectivity index (χ1n) is 6.46. The fourth-order valence-corrected chi connectivity index (χ4v) is 2.41. The Labute approximate surface area is 117 Å². The summed E-state index contributed by atoms with van der Waals surface area (Å²) < 4.78 is 7.32. The number of rotatable bonds is 3. The number of aliphatic hydroxyl groups is 1. The van der Waals surface area contributed by atoms with Crippen LogP contribution in [0.25, 0.3) is 16.9 Å². The lowest BCUT2D eigenvalue weighted by molar-refractivity contribution is 0.276. The average Bonchev–Trinajstić information content (AvgIpc) is 2.84. The summed E-state index contributed by atoms with van der Waals surface area (Å²) >= 11 is 0. The Bertz CT molecular complexity index is 762. The molecule has 20 heavy (non-hydrogen) atoms. The van der Waals surface area contributed by atoms with Gasteiger partial charge in [0.2, 0.25) is 0 Å². The Morgan fingerprint density at radius 2 is 2.00 bits per heavy atom. The minimum atomic E-state index is -0.0714. The largest absolute Gasteiger partial charge is 0.496 e. The van der Waals surface area contributed by atoms with Crippen molar-refractivity contribution in [1.29, 1.82) is 0 Å². The molecular weight excluding hydrogens is 252 g/mol. The normalized spacial score (nSPS) is 10.9. The summed E-state index contributed by atoms with van der Waals surface area (Å²) in [5.74, 6) is 0.752. The van der Waals surface area contributed by atoms with Gasteiger partial charge < -0.3 is 14.2 Å². The molecule has 0 radical (unpaired) electrons. The zero-order chi connectivity index (χ0) is 14.1. The molecule has 3 aromatic rings. The van der Waals surface area contributed by atoms with Crippen LogP contribution < -0.4 is 4.74 Å². The van der Waals surface area contributed by atoms with Gasteiger partial charge in [0.1, 0.15) is 11.4 Å². The minimum Gasteiger partial charge on any atom is -0.496 e. The van der Waals surface area contributed by atoms with Crippen molar-refractivity contribution < 1.29 is 9.84 Å². The average molecular weight is 268 g/mol. The molecule has 2 heterocycles. The zero-order valence-electron chi connectivity index (χ0n) is 11.5. The van der Waals surface area contributed by atoms with Crippen LogP contribution in [0.15, 0.2) is 42.6 Å². The molecule has 0 spiro atoms. The fourth-order valence-electron chi connectivity index (χ4n) is 2.41. The molecule has 1 aromatic carbocycles. The number of nitrogens with zero attached hydrogens (tertiary/aromatic N) is 2. The number of hydrogen-bond donors (Lipinski definition) is 1. The highest BCUT2D eigenvalue weighted by atomic mass is 16.5. The van der Waals surface area contributed by atoms with Crippen molar-refractivity contribution >= 4 is 5.65 Å². The van der Waals surface area contributed by atoms with Crippen molar-refractivity contribution in [1.82, 2.24) is 9.38 Å². The van der Waals surface area contributed by atoms with Crippen LogP contribution in [0, 0.1) is 6.92 Å². The summed E-state index contributed by atoms with van der Waals surface area (Å²) in [5.41, 5.74) is 4.36. The Kier molecular flexibility index (Phi) is 3.16. The van der Waals surface area contributed by atoms with Gasteiger partial charge in [0.15, 0.2) is 0 Å². The van der Waals surface area contributed by atoms with E-state index in [1.54, 1.807) is 7.11 Å². The maximum Gasteiger partial charge on any atom is 0.137 e.